The highest BCUT2D eigenvalue weighted by molar-refractivity contribution is 7.71. The molecule has 1 N–H and O–H groups in total. The summed E-state index contributed by atoms with van der Waals surface area (Å²) in [7, 11) is 1.98. The van der Waals surface area contributed by atoms with Gasteiger partial charge in [0.1, 0.15) is 0 Å². The fourth-order valence-electron chi connectivity index (χ4n) is 3.06. The van der Waals surface area contributed by atoms with Crippen LogP contribution < -0.4 is 4.90 Å². The van der Waals surface area contributed by atoms with E-state index in [1.54, 1.807) is 0 Å². The number of hydrogen-bond acceptors (Lipinski definition) is 4. The van der Waals surface area contributed by atoms with E-state index in [1.165, 1.54) is 19.4 Å². The van der Waals surface area contributed by atoms with Crippen LogP contribution in [0.5, 0.6) is 0 Å². The van der Waals surface area contributed by atoms with Crippen LogP contribution in [0.15, 0.2) is 0 Å². The van der Waals surface area contributed by atoms with E-state index in [-0.39, 0.29) is 0 Å². The fourth-order valence-corrected chi connectivity index (χ4v) is 3.19. The summed E-state index contributed by atoms with van der Waals surface area (Å²) in [6.45, 7) is 5.76. The summed E-state index contributed by atoms with van der Waals surface area (Å²) in [5, 5.41) is 7.23. The van der Waals surface area contributed by atoms with Gasteiger partial charge in [-0.05, 0) is 38.5 Å². The van der Waals surface area contributed by atoms with Gasteiger partial charge in [0, 0.05) is 32.2 Å². The predicted molar refractivity (Wildman–Crippen MR) is 69.8 cm³/mol. The van der Waals surface area contributed by atoms with Gasteiger partial charge in [0.05, 0.1) is 0 Å². The first-order chi connectivity index (χ1) is 8.16. The molecule has 0 radical (unpaired) electrons. The molecule has 2 aliphatic heterocycles. The van der Waals surface area contributed by atoms with Crippen molar-refractivity contribution in [2.75, 3.05) is 24.5 Å². The van der Waals surface area contributed by atoms with Crippen molar-refractivity contribution in [3.05, 3.63) is 4.77 Å². The molecule has 0 bridgehead atoms. The number of anilines is 1. The summed E-state index contributed by atoms with van der Waals surface area (Å²) < 4.78 is 2.66. The number of nitrogens with one attached hydrogen (secondary N) is 1. The molecule has 2 unspecified atom stereocenters. The first-order valence-corrected chi connectivity index (χ1v) is 6.69. The van der Waals surface area contributed by atoms with Gasteiger partial charge in [-0.3, -0.25) is 9.47 Å². The fraction of sp³-hybridized carbons (Fsp3) is 0.818. The van der Waals surface area contributed by atoms with Crippen molar-refractivity contribution in [1.82, 2.24) is 19.7 Å². The van der Waals surface area contributed by atoms with Crippen molar-refractivity contribution < 1.29 is 0 Å². The first-order valence-electron chi connectivity index (χ1n) is 6.29. The van der Waals surface area contributed by atoms with Crippen molar-refractivity contribution in [1.29, 1.82) is 0 Å². The van der Waals surface area contributed by atoms with Gasteiger partial charge in [-0.25, -0.2) is 5.10 Å². The highest BCUT2D eigenvalue weighted by atomic mass is 32.1. The maximum absolute atomic E-state index is 5.18. The zero-order chi connectivity index (χ0) is 12.0. The summed E-state index contributed by atoms with van der Waals surface area (Å²) in [6.07, 6.45) is 2.66. The normalized spacial score (nSPS) is 29.6. The Hall–Kier alpha value is -0.880. The van der Waals surface area contributed by atoms with Gasteiger partial charge in [-0.15, -0.1) is 5.10 Å². The molecule has 1 aromatic heterocycles. The molecular formula is C11H19N5S. The number of nitrogens with zero attached hydrogens (tertiary/aromatic N) is 4. The van der Waals surface area contributed by atoms with Crippen molar-refractivity contribution in [3.8, 4) is 0 Å². The van der Waals surface area contributed by atoms with Crippen LogP contribution >= 0.6 is 12.2 Å². The second-order valence-corrected chi connectivity index (χ2v) is 5.57. The van der Waals surface area contributed by atoms with E-state index in [9.17, 15) is 0 Å². The maximum atomic E-state index is 5.18. The van der Waals surface area contributed by atoms with Crippen LogP contribution in [-0.4, -0.2) is 51.4 Å². The number of piperazine rings is 1. The zero-order valence-corrected chi connectivity index (χ0v) is 11.2. The second-order valence-electron chi connectivity index (χ2n) is 5.18. The lowest BCUT2D eigenvalue weighted by atomic mass is 10.1. The van der Waals surface area contributed by atoms with E-state index in [2.05, 4.69) is 26.9 Å². The number of aromatic nitrogens is 3. The molecule has 2 fully saturated rings. The smallest absolute Gasteiger partial charge is 0.225 e. The average molecular weight is 253 g/mol. The molecule has 0 amide bonds. The van der Waals surface area contributed by atoms with Crippen LogP contribution in [0.1, 0.15) is 19.8 Å². The van der Waals surface area contributed by atoms with Crippen molar-refractivity contribution >= 4 is 18.2 Å². The second kappa shape index (κ2) is 4.10. The molecule has 0 aliphatic carbocycles. The molecule has 3 heterocycles. The van der Waals surface area contributed by atoms with Crippen LogP contribution in [0.3, 0.4) is 0 Å². The van der Waals surface area contributed by atoms with Crippen molar-refractivity contribution in [3.63, 3.8) is 0 Å². The standard InChI is InChI=1S/C11H19N5S/c1-8-6-15-5-3-4-9(15)7-16(8)10-12-13-11(17)14(10)2/h8-9H,3-7H2,1-2H3,(H,13,17). The van der Waals surface area contributed by atoms with Crippen molar-refractivity contribution in [2.45, 2.75) is 31.8 Å². The number of H-pyrrole nitrogens is 1. The highest BCUT2D eigenvalue weighted by Crippen LogP contribution is 2.27. The maximum Gasteiger partial charge on any atom is 0.225 e. The quantitative estimate of drug-likeness (QED) is 0.762. The molecule has 2 saturated heterocycles. The molecular weight excluding hydrogens is 234 g/mol. The Labute approximate surface area is 106 Å². The Bertz CT molecular complexity index is 465. The predicted octanol–water partition coefficient (Wildman–Crippen LogP) is 1.15. The number of rotatable bonds is 1. The molecule has 2 aliphatic rings. The van der Waals surface area contributed by atoms with Gasteiger partial charge in [-0.1, -0.05) is 0 Å². The van der Waals surface area contributed by atoms with Crippen LogP contribution in [0.4, 0.5) is 5.95 Å². The largest absolute Gasteiger partial charge is 0.335 e. The minimum atomic E-state index is 0.508. The van der Waals surface area contributed by atoms with E-state index in [1.807, 2.05) is 11.6 Å². The third-order valence-corrected chi connectivity index (χ3v) is 4.42. The molecule has 0 spiro atoms. The van der Waals surface area contributed by atoms with Gasteiger partial charge >= 0.3 is 0 Å². The molecule has 6 heteroatoms. The van der Waals surface area contributed by atoms with Crippen LogP contribution in [-0.2, 0) is 7.05 Å². The SMILES string of the molecule is CC1CN2CCCC2CN1c1n[nH]c(=S)n1C. The van der Waals surface area contributed by atoms with Crippen molar-refractivity contribution in [2.24, 2.45) is 7.05 Å². The number of fused-ring (bicyclic) bond motifs is 1. The minimum absolute atomic E-state index is 0.508. The van der Waals surface area contributed by atoms with Gasteiger partial charge in [0.2, 0.25) is 5.95 Å². The molecule has 0 saturated carbocycles. The Morgan fingerprint density at radius 2 is 2.24 bits per heavy atom. The van der Waals surface area contributed by atoms with Gasteiger partial charge in [0.25, 0.3) is 0 Å². The molecule has 1 aromatic rings. The third-order valence-electron chi connectivity index (χ3n) is 4.05. The lowest BCUT2D eigenvalue weighted by Crippen LogP contribution is -2.55. The summed E-state index contributed by atoms with van der Waals surface area (Å²) in [4.78, 5) is 5.00. The average Bonchev–Trinajstić information content (AvgIpc) is 2.86. The summed E-state index contributed by atoms with van der Waals surface area (Å²) in [5.74, 6) is 0.981. The molecule has 0 aromatic carbocycles. The van der Waals surface area contributed by atoms with E-state index in [4.69, 9.17) is 12.2 Å². The Morgan fingerprint density at radius 1 is 1.41 bits per heavy atom. The summed E-state index contributed by atoms with van der Waals surface area (Å²) >= 11 is 5.18. The lowest BCUT2D eigenvalue weighted by molar-refractivity contribution is 0.201. The van der Waals surface area contributed by atoms with E-state index in [0.29, 0.717) is 16.9 Å². The minimum Gasteiger partial charge on any atom is -0.335 e. The topological polar surface area (TPSA) is 40.1 Å². The Kier molecular flexibility index (Phi) is 2.71. The molecule has 17 heavy (non-hydrogen) atoms. The van der Waals surface area contributed by atoms with E-state index < -0.39 is 0 Å². The monoisotopic (exact) mass is 253 g/mol. The molecule has 94 valence electrons. The van der Waals surface area contributed by atoms with Crippen LogP contribution in [0.2, 0.25) is 0 Å². The van der Waals surface area contributed by atoms with E-state index >= 15 is 0 Å². The first kappa shape index (κ1) is 11.2. The molecule has 2 atom stereocenters. The molecule has 3 rings (SSSR count). The Balaban J connectivity index is 1.88. The third kappa shape index (κ3) is 1.79. The Morgan fingerprint density at radius 3 is 2.94 bits per heavy atom. The van der Waals surface area contributed by atoms with Gasteiger partial charge < -0.3 is 4.90 Å². The summed E-state index contributed by atoms with van der Waals surface area (Å²) in [5.41, 5.74) is 0. The van der Waals surface area contributed by atoms with Crippen LogP contribution in [0, 0.1) is 4.77 Å². The number of hydrogen-bond donors (Lipinski definition) is 1. The highest BCUT2D eigenvalue weighted by Gasteiger charge is 2.35. The summed E-state index contributed by atoms with van der Waals surface area (Å²) in [6, 6.07) is 1.21. The lowest BCUT2D eigenvalue weighted by Gasteiger charge is -2.42. The van der Waals surface area contributed by atoms with E-state index in [0.717, 1.165) is 19.0 Å². The zero-order valence-electron chi connectivity index (χ0n) is 10.4. The van der Waals surface area contributed by atoms with Crippen LogP contribution in [0.25, 0.3) is 0 Å². The molecule has 5 nitrogen and oxygen atoms in total. The van der Waals surface area contributed by atoms with Gasteiger partial charge in [-0.2, -0.15) is 0 Å². The van der Waals surface area contributed by atoms with Gasteiger partial charge in [0.15, 0.2) is 4.77 Å². The number of aromatic amines is 1.